The Hall–Kier alpha value is -2.17. The maximum Gasteiger partial charge on any atom is 0.488 e. The summed E-state index contributed by atoms with van der Waals surface area (Å²) in [4.78, 5) is 12.0. The highest BCUT2D eigenvalue weighted by Gasteiger charge is 2.10. The van der Waals surface area contributed by atoms with Gasteiger partial charge in [0.1, 0.15) is 0 Å². The van der Waals surface area contributed by atoms with Gasteiger partial charge in [-0.3, -0.25) is 4.79 Å². The van der Waals surface area contributed by atoms with Crippen LogP contribution in [0.2, 0.25) is 0 Å². The number of aryl methyl sites for hydroxylation is 1. The summed E-state index contributed by atoms with van der Waals surface area (Å²) >= 11 is 0. The number of carbonyl (C=O) groups is 1. The summed E-state index contributed by atoms with van der Waals surface area (Å²) in [6.45, 7) is 2.01. The molecule has 0 amide bonds. The fourth-order valence-corrected chi connectivity index (χ4v) is 1.77. The number of benzene rings is 2. The lowest BCUT2D eigenvalue weighted by Crippen LogP contribution is -2.29. The average molecular weight is 266 g/mol. The Morgan fingerprint density at radius 2 is 1.60 bits per heavy atom. The van der Waals surface area contributed by atoms with Crippen molar-refractivity contribution in [1.82, 2.24) is 0 Å². The SMILES string of the molecule is Cc1ccc(/C=C/C(=O)c2ccc(B(O)O)cc2)cc1. The molecule has 0 saturated carbocycles. The molecule has 0 atom stereocenters. The molecule has 0 radical (unpaired) electrons. The fourth-order valence-electron chi connectivity index (χ4n) is 1.77. The molecule has 2 aromatic rings. The molecule has 0 aliphatic heterocycles. The highest BCUT2D eigenvalue weighted by Crippen LogP contribution is 2.07. The molecule has 2 aromatic carbocycles. The summed E-state index contributed by atoms with van der Waals surface area (Å²) in [6, 6.07) is 14.1. The molecular formula is C16H15BO3. The third-order valence-corrected chi connectivity index (χ3v) is 3.00. The minimum atomic E-state index is -1.51. The van der Waals surface area contributed by atoms with Crippen molar-refractivity contribution in [2.45, 2.75) is 6.92 Å². The van der Waals surface area contributed by atoms with Gasteiger partial charge in [0, 0.05) is 5.56 Å². The van der Waals surface area contributed by atoms with Gasteiger partial charge in [0.2, 0.25) is 0 Å². The van der Waals surface area contributed by atoms with Crippen molar-refractivity contribution in [2.24, 2.45) is 0 Å². The molecule has 0 spiro atoms. The van der Waals surface area contributed by atoms with Crippen molar-refractivity contribution in [3.8, 4) is 0 Å². The minimum Gasteiger partial charge on any atom is -0.423 e. The number of rotatable bonds is 4. The minimum absolute atomic E-state index is 0.121. The molecule has 0 aliphatic carbocycles. The zero-order chi connectivity index (χ0) is 14.5. The van der Waals surface area contributed by atoms with E-state index in [4.69, 9.17) is 10.0 Å². The van der Waals surface area contributed by atoms with Gasteiger partial charge in [-0.05, 0) is 24.0 Å². The third-order valence-electron chi connectivity index (χ3n) is 3.00. The molecule has 0 aliphatic rings. The maximum atomic E-state index is 12.0. The Labute approximate surface area is 118 Å². The molecule has 0 fully saturated rings. The van der Waals surface area contributed by atoms with Crippen LogP contribution in [-0.4, -0.2) is 22.9 Å². The smallest absolute Gasteiger partial charge is 0.423 e. The summed E-state index contributed by atoms with van der Waals surface area (Å²) in [7, 11) is -1.51. The second kappa shape index (κ2) is 6.32. The van der Waals surface area contributed by atoms with E-state index in [1.54, 1.807) is 18.2 Å². The molecule has 20 heavy (non-hydrogen) atoms. The summed E-state index contributed by atoms with van der Waals surface area (Å²) in [5, 5.41) is 18.0. The van der Waals surface area contributed by atoms with E-state index in [2.05, 4.69) is 0 Å². The predicted octanol–water partition coefficient (Wildman–Crippen LogP) is 1.57. The molecule has 0 bridgehead atoms. The number of hydrogen-bond acceptors (Lipinski definition) is 3. The molecule has 0 saturated heterocycles. The van der Waals surface area contributed by atoms with Gasteiger partial charge < -0.3 is 10.0 Å². The summed E-state index contributed by atoms with van der Waals surface area (Å²) in [5.41, 5.74) is 3.01. The summed E-state index contributed by atoms with van der Waals surface area (Å²) in [5.74, 6) is -0.121. The molecule has 4 heteroatoms. The lowest BCUT2D eigenvalue weighted by molar-refractivity contribution is 0.104. The van der Waals surface area contributed by atoms with Gasteiger partial charge in [0.25, 0.3) is 0 Å². The summed E-state index contributed by atoms with van der Waals surface area (Å²) in [6.07, 6.45) is 3.27. The largest absolute Gasteiger partial charge is 0.488 e. The third kappa shape index (κ3) is 3.67. The zero-order valence-corrected chi connectivity index (χ0v) is 11.2. The molecular weight excluding hydrogens is 251 g/mol. The number of allylic oxidation sites excluding steroid dienone is 1. The first-order valence-corrected chi connectivity index (χ1v) is 6.31. The highest BCUT2D eigenvalue weighted by atomic mass is 16.4. The van der Waals surface area contributed by atoms with E-state index in [0.717, 1.165) is 5.56 Å². The number of hydrogen-bond donors (Lipinski definition) is 2. The molecule has 0 heterocycles. The van der Waals surface area contributed by atoms with Crippen LogP contribution in [0.25, 0.3) is 6.08 Å². The van der Waals surface area contributed by atoms with Crippen LogP contribution >= 0.6 is 0 Å². The van der Waals surface area contributed by atoms with E-state index >= 15 is 0 Å². The lowest BCUT2D eigenvalue weighted by atomic mass is 9.80. The second-order valence-electron chi connectivity index (χ2n) is 4.60. The lowest BCUT2D eigenvalue weighted by Gasteiger charge is -2.00. The van der Waals surface area contributed by atoms with Crippen LogP contribution in [-0.2, 0) is 0 Å². The number of ketones is 1. The first kappa shape index (κ1) is 14.2. The molecule has 0 unspecified atom stereocenters. The summed E-state index contributed by atoms with van der Waals surface area (Å²) < 4.78 is 0. The first-order chi connectivity index (χ1) is 9.56. The fraction of sp³-hybridized carbons (Fsp3) is 0.0625. The van der Waals surface area contributed by atoms with Gasteiger partial charge in [0.05, 0.1) is 0 Å². The van der Waals surface area contributed by atoms with Gasteiger partial charge in [-0.15, -0.1) is 0 Å². The number of carbonyl (C=O) groups excluding carboxylic acids is 1. The van der Waals surface area contributed by atoms with Crippen LogP contribution in [0.3, 0.4) is 0 Å². The van der Waals surface area contributed by atoms with Crippen molar-refractivity contribution in [3.63, 3.8) is 0 Å². The van der Waals surface area contributed by atoms with E-state index in [-0.39, 0.29) is 5.78 Å². The zero-order valence-electron chi connectivity index (χ0n) is 11.2. The van der Waals surface area contributed by atoms with E-state index in [0.29, 0.717) is 11.0 Å². The first-order valence-electron chi connectivity index (χ1n) is 6.31. The van der Waals surface area contributed by atoms with Crippen molar-refractivity contribution < 1.29 is 14.8 Å². The average Bonchev–Trinajstić information content (AvgIpc) is 2.46. The van der Waals surface area contributed by atoms with Crippen LogP contribution in [0.1, 0.15) is 21.5 Å². The van der Waals surface area contributed by atoms with Crippen molar-refractivity contribution >= 4 is 24.4 Å². The van der Waals surface area contributed by atoms with Gasteiger partial charge in [-0.1, -0.05) is 60.2 Å². The second-order valence-corrected chi connectivity index (χ2v) is 4.60. The van der Waals surface area contributed by atoms with Gasteiger partial charge >= 0.3 is 7.12 Å². The van der Waals surface area contributed by atoms with Crippen LogP contribution in [0.4, 0.5) is 0 Å². The van der Waals surface area contributed by atoms with E-state index in [1.807, 2.05) is 31.2 Å². The van der Waals surface area contributed by atoms with Crippen molar-refractivity contribution in [2.75, 3.05) is 0 Å². The standard InChI is InChI=1S/C16H15BO3/c1-12-2-4-13(5-3-12)6-11-16(18)14-7-9-15(10-8-14)17(19)20/h2-11,19-20H,1H3/b11-6+. The molecule has 3 nitrogen and oxygen atoms in total. The van der Waals surface area contributed by atoms with Gasteiger partial charge in [-0.2, -0.15) is 0 Å². The Morgan fingerprint density at radius 1 is 1.00 bits per heavy atom. The molecule has 100 valence electrons. The van der Waals surface area contributed by atoms with Crippen molar-refractivity contribution in [3.05, 3.63) is 71.3 Å². The predicted molar refractivity (Wildman–Crippen MR) is 80.8 cm³/mol. The van der Waals surface area contributed by atoms with Crippen molar-refractivity contribution in [1.29, 1.82) is 0 Å². The Morgan fingerprint density at radius 3 is 2.15 bits per heavy atom. The normalized spacial score (nSPS) is 10.8. The molecule has 2 N–H and O–H groups in total. The Kier molecular flexibility index (Phi) is 4.51. The van der Waals surface area contributed by atoms with Crippen LogP contribution in [0, 0.1) is 6.92 Å². The van der Waals surface area contributed by atoms with E-state index in [9.17, 15) is 4.79 Å². The Balaban J connectivity index is 2.09. The van der Waals surface area contributed by atoms with Crippen LogP contribution < -0.4 is 5.46 Å². The maximum absolute atomic E-state index is 12.0. The Bertz CT molecular complexity index is 613. The molecule has 2 rings (SSSR count). The van der Waals surface area contributed by atoms with Crippen LogP contribution in [0.15, 0.2) is 54.6 Å². The van der Waals surface area contributed by atoms with Crippen LogP contribution in [0.5, 0.6) is 0 Å². The topological polar surface area (TPSA) is 57.5 Å². The highest BCUT2D eigenvalue weighted by molar-refractivity contribution is 6.58. The van der Waals surface area contributed by atoms with E-state index in [1.165, 1.54) is 23.8 Å². The van der Waals surface area contributed by atoms with E-state index < -0.39 is 7.12 Å². The van der Waals surface area contributed by atoms with Gasteiger partial charge in [-0.25, -0.2) is 0 Å². The molecule has 0 aromatic heterocycles. The quantitative estimate of drug-likeness (QED) is 0.501. The monoisotopic (exact) mass is 266 g/mol. The van der Waals surface area contributed by atoms with Gasteiger partial charge in [0.15, 0.2) is 5.78 Å².